The van der Waals surface area contributed by atoms with Crippen LogP contribution >= 0.6 is 0 Å². The normalized spacial score (nSPS) is 22.6. The Morgan fingerprint density at radius 1 is 1.00 bits per heavy atom. The summed E-state index contributed by atoms with van der Waals surface area (Å²) < 4.78 is 19.3. The largest absolute Gasteiger partial charge is 0.362 e. The van der Waals surface area contributed by atoms with Crippen LogP contribution in [0.2, 0.25) is 0 Å². The molecule has 2 aromatic rings. The predicted molar refractivity (Wildman–Crippen MR) is 93.5 cm³/mol. The molecule has 1 unspecified atom stereocenters. The average Bonchev–Trinajstić information content (AvgIpc) is 2.93. The Hall–Kier alpha value is -1.71. The Balaban J connectivity index is 1.48. The van der Waals surface area contributed by atoms with Gasteiger partial charge in [0.15, 0.2) is 0 Å². The third-order valence-electron chi connectivity index (χ3n) is 5.45. The van der Waals surface area contributed by atoms with Crippen LogP contribution in [0.15, 0.2) is 54.6 Å². The van der Waals surface area contributed by atoms with Crippen molar-refractivity contribution in [3.05, 3.63) is 71.3 Å². The number of ether oxygens (including phenoxy) is 1. The molecule has 2 aliphatic rings. The maximum atomic E-state index is 12.9. The van der Waals surface area contributed by atoms with E-state index in [1.54, 1.807) is 0 Å². The van der Waals surface area contributed by atoms with Gasteiger partial charge in [0, 0.05) is 26.1 Å². The molecule has 126 valence electrons. The Kier molecular flexibility index (Phi) is 4.38. The van der Waals surface area contributed by atoms with Crippen molar-refractivity contribution in [1.29, 1.82) is 0 Å². The molecule has 24 heavy (non-hydrogen) atoms. The maximum Gasteiger partial charge on any atom is 0.0967 e. The number of hydrogen-bond donors (Lipinski definition) is 0. The summed E-state index contributed by atoms with van der Waals surface area (Å²) >= 11 is 0. The zero-order valence-corrected chi connectivity index (χ0v) is 14.0. The van der Waals surface area contributed by atoms with E-state index >= 15 is 0 Å². The lowest BCUT2D eigenvalue weighted by molar-refractivity contribution is -0.113. The van der Waals surface area contributed by atoms with Crippen LogP contribution in [0.25, 0.3) is 0 Å². The number of alkyl halides is 1. The van der Waals surface area contributed by atoms with Gasteiger partial charge < -0.3 is 4.74 Å². The molecule has 3 heteroatoms. The molecular formula is C21H24FNO. The minimum Gasteiger partial charge on any atom is -0.362 e. The first kappa shape index (κ1) is 15.8. The SMILES string of the molecule is [18F]CCC1OC2(CCN(Cc3ccccc3)CC2)c2ccccc21. The van der Waals surface area contributed by atoms with E-state index in [1.165, 1.54) is 16.7 Å². The van der Waals surface area contributed by atoms with Gasteiger partial charge in [-0.3, -0.25) is 9.29 Å². The summed E-state index contributed by atoms with van der Waals surface area (Å²) in [6.45, 7) is 2.71. The smallest absolute Gasteiger partial charge is 0.0967 e. The third kappa shape index (κ3) is 2.87. The molecule has 0 aliphatic carbocycles. The molecule has 2 nitrogen and oxygen atoms in total. The highest BCUT2D eigenvalue weighted by atomic mass is 18.2. The zero-order chi connectivity index (χ0) is 16.4. The number of halogens is 1. The zero-order valence-electron chi connectivity index (χ0n) is 14.0. The minimum atomic E-state index is -0.324. The van der Waals surface area contributed by atoms with E-state index < -0.39 is 0 Å². The first-order valence-electron chi connectivity index (χ1n) is 8.90. The van der Waals surface area contributed by atoms with Crippen LogP contribution in [0.1, 0.15) is 42.1 Å². The summed E-state index contributed by atoms with van der Waals surface area (Å²) in [6, 6.07) is 19.0. The van der Waals surface area contributed by atoms with Crippen molar-refractivity contribution in [3.63, 3.8) is 0 Å². The van der Waals surface area contributed by atoms with E-state index in [1.807, 2.05) is 6.07 Å². The number of rotatable bonds is 4. The number of hydrogen-bond acceptors (Lipinski definition) is 2. The average molecular weight is 324 g/mol. The number of nitrogens with zero attached hydrogens (tertiary/aromatic N) is 1. The van der Waals surface area contributed by atoms with Crippen molar-refractivity contribution in [2.45, 2.75) is 37.5 Å². The first-order chi connectivity index (χ1) is 11.8. The fourth-order valence-electron chi connectivity index (χ4n) is 4.21. The Morgan fingerprint density at radius 3 is 2.46 bits per heavy atom. The molecule has 0 aromatic heterocycles. The highest BCUT2D eigenvalue weighted by Crippen LogP contribution is 2.50. The van der Waals surface area contributed by atoms with E-state index in [2.05, 4.69) is 53.4 Å². The number of piperidine rings is 1. The van der Waals surface area contributed by atoms with Crippen LogP contribution in [0.3, 0.4) is 0 Å². The summed E-state index contributed by atoms with van der Waals surface area (Å²) in [5.41, 5.74) is 3.65. The van der Waals surface area contributed by atoms with Gasteiger partial charge in [-0.05, 0) is 29.5 Å². The molecular weight excluding hydrogens is 300 g/mol. The second-order valence-corrected chi connectivity index (χ2v) is 6.93. The van der Waals surface area contributed by atoms with Crippen molar-refractivity contribution in [2.75, 3.05) is 19.8 Å². The fraction of sp³-hybridized carbons (Fsp3) is 0.429. The molecule has 1 spiro atoms. The summed E-state index contributed by atoms with van der Waals surface area (Å²) in [6.07, 6.45) is 2.36. The number of fused-ring (bicyclic) bond motifs is 2. The lowest BCUT2D eigenvalue weighted by Gasteiger charge is -2.40. The lowest BCUT2D eigenvalue weighted by atomic mass is 9.83. The standard InChI is InChI=1S/C21H24FNO/c22-13-10-20-18-8-4-5-9-19(18)21(24-20)11-14-23(15-12-21)16-17-6-2-1-3-7-17/h1-9,20H,10-16H2/i22-1. The van der Waals surface area contributed by atoms with Gasteiger partial charge in [-0.2, -0.15) is 0 Å². The Labute approximate surface area is 143 Å². The van der Waals surface area contributed by atoms with Gasteiger partial charge in [-0.25, -0.2) is 0 Å². The lowest BCUT2D eigenvalue weighted by Crippen LogP contribution is -2.42. The summed E-state index contributed by atoms with van der Waals surface area (Å²) in [4.78, 5) is 2.50. The highest BCUT2D eigenvalue weighted by molar-refractivity contribution is 5.38. The van der Waals surface area contributed by atoms with Gasteiger partial charge in [0.25, 0.3) is 0 Å². The second kappa shape index (κ2) is 6.66. The van der Waals surface area contributed by atoms with Gasteiger partial charge in [0.1, 0.15) is 0 Å². The molecule has 0 amide bonds. The quantitative estimate of drug-likeness (QED) is 0.814. The van der Waals surface area contributed by atoms with Crippen molar-refractivity contribution in [3.8, 4) is 0 Å². The molecule has 0 N–H and O–H groups in total. The van der Waals surface area contributed by atoms with Crippen molar-refractivity contribution in [1.82, 2.24) is 4.90 Å². The van der Waals surface area contributed by atoms with Crippen LogP contribution in [-0.4, -0.2) is 24.7 Å². The molecule has 2 heterocycles. The highest BCUT2D eigenvalue weighted by Gasteiger charge is 2.46. The molecule has 0 saturated carbocycles. The van der Waals surface area contributed by atoms with Crippen LogP contribution in [0.4, 0.5) is 4.39 Å². The third-order valence-corrected chi connectivity index (χ3v) is 5.45. The Bertz CT molecular complexity index is 679. The first-order valence-corrected chi connectivity index (χ1v) is 8.90. The van der Waals surface area contributed by atoms with Crippen molar-refractivity contribution in [2.24, 2.45) is 0 Å². The van der Waals surface area contributed by atoms with Crippen LogP contribution in [0, 0.1) is 0 Å². The molecule has 0 bridgehead atoms. The molecule has 2 aliphatic heterocycles. The van der Waals surface area contributed by atoms with Gasteiger partial charge in [-0.15, -0.1) is 0 Å². The predicted octanol–water partition coefficient (Wildman–Crippen LogP) is 4.61. The summed E-state index contributed by atoms with van der Waals surface area (Å²) in [5, 5.41) is 0. The van der Waals surface area contributed by atoms with E-state index in [-0.39, 0.29) is 18.4 Å². The van der Waals surface area contributed by atoms with Gasteiger partial charge in [0.05, 0.1) is 18.4 Å². The molecule has 4 rings (SSSR count). The fourth-order valence-corrected chi connectivity index (χ4v) is 4.21. The van der Waals surface area contributed by atoms with E-state index in [4.69, 9.17) is 4.74 Å². The van der Waals surface area contributed by atoms with Gasteiger partial charge in [-0.1, -0.05) is 54.6 Å². The topological polar surface area (TPSA) is 12.5 Å². The van der Waals surface area contributed by atoms with E-state index in [9.17, 15) is 4.39 Å². The summed E-state index contributed by atoms with van der Waals surface area (Å²) in [7, 11) is 0. The minimum absolute atomic E-state index is 0.0770. The Morgan fingerprint density at radius 2 is 1.71 bits per heavy atom. The van der Waals surface area contributed by atoms with Crippen molar-refractivity contribution < 1.29 is 9.13 Å². The molecule has 2 aromatic carbocycles. The van der Waals surface area contributed by atoms with Crippen LogP contribution in [-0.2, 0) is 16.9 Å². The van der Waals surface area contributed by atoms with Crippen LogP contribution < -0.4 is 0 Å². The number of likely N-dealkylation sites (tertiary alicyclic amines) is 1. The number of benzene rings is 2. The van der Waals surface area contributed by atoms with E-state index in [0.717, 1.165) is 32.5 Å². The molecule has 1 atom stereocenters. The summed E-state index contributed by atoms with van der Waals surface area (Å²) in [5.74, 6) is 0. The van der Waals surface area contributed by atoms with Gasteiger partial charge >= 0.3 is 0 Å². The molecule has 1 saturated heterocycles. The second-order valence-electron chi connectivity index (χ2n) is 6.93. The van der Waals surface area contributed by atoms with Crippen LogP contribution in [0.5, 0.6) is 0 Å². The molecule has 0 radical (unpaired) electrons. The maximum absolute atomic E-state index is 12.9. The van der Waals surface area contributed by atoms with Crippen molar-refractivity contribution >= 4 is 0 Å². The molecule has 1 fully saturated rings. The van der Waals surface area contributed by atoms with E-state index in [0.29, 0.717) is 6.42 Å². The van der Waals surface area contributed by atoms with Gasteiger partial charge in [0.2, 0.25) is 0 Å². The monoisotopic (exact) mass is 324 g/mol.